The number of nitrogens with one attached hydrogen (secondary N) is 3. The van der Waals surface area contributed by atoms with E-state index < -0.39 is 30.0 Å². The number of alkyl halides is 2. The molecule has 4 atom stereocenters. The smallest absolute Gasteiger partial charge is 0.301 e. The van der Waals surface area contributed by atoms with E-state index in [1.54, 1.807) is 19.3 Å². The van der Waals surface area contributed by atoms with Crippen molar-refractivity contribution in [2.75, 3.05) is 59.8 Å². The Morgan fingerprint density at radius 2 is 1.77 bits per heavy atom. The largest absolute Gasteiger partial charge is 0.480 e. The standard InChI is InChI=1S/C44H48ClF2N11O4/c1-54-32-10-8-25(16-30(32)36-38(42(54)61)62-22-44(46,47)39(51-36)24-6-7-24)49-40-31(45)18-48-43(52-40)56-14-12-23(13-15-56)19-58-26-17-27(58)21-57(20-26)33-5-3-4-28-35(53-55(2)37(28)33)29-9-11-34(59)50-41(29)60/h3-5,8,10,16,18,23-24,26-27,29,39,51H,6-7,9,11-15,17,19-22H2,1-2H3,(H,48,49,52)(H,50,59,60). The van der Waals surface area contributed by atoms with Gasteiger partial charge in [0.2, 0.25) is 23.5 Å². The van der Waals surface area contributed by atoms with E-state index in [1.165, 1.54) is 11.0 Å². The minimum Gasteiger partial charge on any atom is -0.480 e. The lowest BCUT2D eigenvalue weighted by atomic mass is 9.84. The van der Waals surface area contributed by atoms with Gasteiger partial charge in [-0.1, -0.05) is 23.7 Å². The van der Waals surface area contributed by atoms with Gasteiger partial charge in [0.15, 0.2) is 12.4 Å². The number of fused-ring (bicyclic) bond motifs is 6. The third-order valence-electron chi connectivity index (χ3n) is 14.1. The van der Waals surface area contributed by atoms with Crippen LogP contribution in [0.5, 0.6) is 5.75 Å². The molecule has 2 bridgehead atoms. The second-order valence-corrected chi connectivity index (χ2v) is 18.5. The molecule has 2 amide bonds. The number of ether oxygens (including phenoxy) is 1. The van der Waals surface area contributed by atoms with Crippen molar-refractivity contribution in [3.63, 3.8) is 0 Å². The Labute approximate surface area is 360 Å². The number of halogens is 3. The Hall–Kier alpha value is -5.55. The van der Waals surface area contributed by atoms with Crippen molar-refractivity contribution in [3.05, 3.63) is 63.7 Å². The number of carbonyl (C=O) groups is 2. The summed E-state index contributed by atoms with van der Waals surface area (Å²) in [4.78, 5) is 54.7. The molecule has 324 valence electrons. The Balaban J connectivity index is 0.744. The monoisotopic (exact) mass is 867 g/mol. The average molecular weight is 868 g/mol. The first-order valence-corrected chi connectivity index (χ1v) is 22.1. The fourth-order valence-electron chi connectivity index (χ4n) is 10.6. The summed E-state index contributed by atoms with van der Waals surface area (Å²) in [5.41, 5.74) is 3.91. The highest BCUT2D eigenvalue weighted by Gasteiger charge is 2.51. The maximum absolute atomic E-state index is 15.2. The molecule has 3 N–H and O–H groups in total. The average Bonchev–Trinajstić information content (AvgIpc) is 4.07. The number of carbonyl (C=O) groups excluding carboxylic acids is 2. The lowest BCUT2D eigenvalue weighted by molar-refractivity contribution is -0.134. The summed E-state index contributed by atoms with van der Waals surface area (Å²) < 4.78 is 39.2. The van der Waals surface area contributed by atoms with E-state index >= 15 is 8.78 Å². The molecule has 7 aliphatic rings. The van der Waals surface area contributed by atoms with Crippen LogP contribution in [0.4, 0.5) is 37.6 Å². The number of anilines is 5. The molecule has 0 radical (unpaired) electrons. The number of rotatable bonds is 8. The van der Waals surface area contributed by atoms with Crippen molar-refractivity contribution >= 4 is 74.0 Å². The first-order valence-electron chi connectivity index (χ1n) is 21.7. The molecule has 0 spiro atoms. The number of pyridine rings is 1. The number of piperazine rings is 1. The Kier molecular flexibility index (Phi) is 9.37. The van der Waals surface area contributed by atoms with Crippen LogP contribution in [0.3, 0.4) is 0 Å². The number of hydrogen-bond acceptors (Lipinski definition) is 12. The van der Waals surface area contributed by atoms with Gasteiger partial charge in [0.05, 0.1) is 46.3 Å². The molecule has 18 heteroatoms. The maximum atomic E-state index is 15.2. The highest BCUT2D eigenvalue weighted by Crippen LogP contribution is 2.46. The van der Waals surface area contributed by atoms with Gasteiger partial charge in [0, 0.05) is 81.8 Å². The molecule has 9 heterocycles. The molecule has 12 rings (SSSR count). The van der Waals surface area contributed by atoms with Gasteiger partial charge in [0.25, 0.3) is 5.56 Å². The van der Waals surface area contributed by atoms with Crippen LogP contribution in [0, 0.1) is 11.8 Å². The van der Waals surface area contributed by atoms with Crippen LogP contribution in [-0.4, -0.2) is 104 Å². The second kappa shape index (κ2) is 14.8. The Morgan fingerprint density at radius 3 is 2.53 bits per heavy atom. The molecular formula is C44H48ClF2N11O4. The van der Waals surface area contributed by atoms with E-state index in [9.17, 15) is 14.4 Å². The SMILES string of the molecule is Cn1nc(C2CCC(=O)NC2=O)c2cccc(N3CC4CC(C3)N4CC3CCN(c4ncc(Cl)c(Nc5ccc6c(c5)c5c(c(=O)n6C)OCC(F)(F)C(C6CC6)N5)n4)CC3)c21. The molecule has 6 fully saturated rings. The number of benzene rings is 2. The number of hydrogen-bond donors (Lipinski definition) is 3. The number of aryl methyl sites for hydroxylation is 2. The van der Waals surface area contributed by atoms with Gasteiger partial charge in [-0.05, 0) is 74.6 Å². The minimum absolute atomic E-state index is 0.105. The summed E-state index contributed by atoms with van der Waals surface area (Å²) in [6, 6.07) is 11.5. The van der Waals surface area contributed by atoms with E-state index in [0.29, 0.717) is 77.1 Å². The molecule has 4 unspecified atom stereocenters. The van der Waals surface area contributed by atoms with Gasteiger partial charge < -0.3 is 29.7 Å². The minimum atomic E-state index is -3.13. The third-order valence-corrected chi connectivity index (χ3v) is 14.4. The van der Waals surface area contributed by atoms with Crippen LogP contribution < -0.4 is 36.0 Å². The molecule has 1 saturated carbocycles. The molecular weight excluding hydrogens is 820 g/mol. The summed E-state index contributed by atoms with van der Waals surface area (Å²) >= 11 is 6.65. The number of para-hydroxylation sites is 1. The second-order valence-electron chi connectivity index (χ2n) is 18.1. The van der Waals surface area contributed by atoms with Crippen molar-refractivity contribution in [2.24, 2.45) is 25.9 Å². The molecule has 5 saturated heterocycles. The van der Waals surface area contributed by atoms with E-state index in [2.05, 4.69) is 47.8 Å². The zero-order valence-corrected chi connectivity index (χ0v) is 35.3. The third kappa shape index (κ3) is 6.69. The molecule has 5 aromatic rings. The molecule has 6 aliphatic heterocycles. The lowest BCUT2D eigenvalue weighted by Gasteiger charge is -2.58. The Bertz CT molecular complexity index is 2700. The maximum Gasteiger partial charge on any atom is 0.301 e. The van der Waals surface area contributed by atoms with E-state index in [-0.39, 0.29) is 29.2 Å². The fourth-order valence-corrected chi connectivity index (χ4v) is 10.8. The molecule has 1 aliphatic carbocycles. The molecule has 62 heavy (non-hydrogen) atoms. The van der Waals surface area contributed by atoms with Crippen LogP contribution >= 0.6 is 11.6 Å². The normalized spacial score (nSPS) is 25.2. The van der Waals surface area contributed by atoms with Gasteiger partial charge in [-0.3, -0.25) is 29.3 Å². The zero-order chi connectivity index (χ0) is 42.6. The van der Waals surface area contributed by atoms with Crippen molar-refractivity contribution < 1.29 is 23.1 Å². The van der Waals surface area contributed by atoms with Crippen molar-refractivity contribution in [3.8, 4) is 5.75 Å². The fraction of sp³-hybridized carbons (Fsp3) is 0.500. The van der Waals surface area contributed by atoms with E-state index in [4.69, 9.17) is 26.4 Å². The number of aromatic nitrogens is 5. The number of imide groups is 1. The predicted molar refractivity (Wildman–Crippen MR) is 232 cm³/mol. The number of amides is 2. The molecule has 2 aromatic carbocycles. The molecule has 15 nitrogen and oxygen atoms in total. The van der Waals surface area contributed by atoms with E-state index in [1.807, 2.05) is 29.9 Å². The van der Waals surface area contributed by atoms with Crippen molar-refractivity contribution in [1.82, 2.24) is 34.5 Å². The van der Waals surface area contributed by atoms with Gasteiger partial charge in [-0.15, -0.1) is 0 Å². The summed E-state index contributed by atoms with van der Waals surface area (Å²) in [5.74, 6) is -2.80. The van der Waals surface area contributed by atoms with Gasteiger partial charge >= 0.3 is 5.92 Å². The first-order chi connectivity index (χ1) is 29.9. The summed E-state index contributed by atoms with van der Waals surface area (Å²) in [5, 5.41) is 15.6. The van der Waals surface area contributed by atoms with Crippen molar-refractivity contribution in [2.45, 2.75) is 74.9 Å². The number of piperidine rings is 3. The van der Waals surface area contributed by atoms with Crippen LogP contribution in [0.15, 0.2) is 47.4 Å². The summed E-state index contributed by atoms with van der Waals surface area (Å²) in [6.07, 6.45) is 7.00. The highest BCUT2D eigenvalue weighted by atomic mass is 35.5. The van der Waals surface area contributed by atoms with E-state index in [0.717, 1.165) is 67.8 Å². The highest BCUT2D eigenvalue weighted by molar-refractivity contribution is 6.33. The predicted octanol–water partition coefficient (Wildman–Crippen LogP) is 5.53. The van der Waals surface area contributed by atoms with Gasteiger partial charge in [-0.2, -0.15) is 10.1 Å². The molecule has 3 aromatic heterocycles. The van der Waals surface area contributed by atoms with Crippen LogP contribution in [-0.2, 0) is 23.7 Å². The zero-order valence-electron chi connectivity index (χ0n) is 34.5. The Morgan fingerprint density at radius 1 is 0.984 bits per heavy atom. The first kappa shape index (κ1) is 39.3. The van der Waals surface area contributed by atoms with Gasteiger partial charge in [-0.25, -0.2) is 13.8 Å². The van der Waals surface area contributed by atoms with Gasteiger partial charge in [0.1, 0.15) is 5.02 Å². The van der Waals surface area contributed by atoms with Crippen LogP contribution in [0.25, 0.3) is 21.8 Å². The quantitative estimate of drug-likeness (QED) is 0.168. The van der Waals surface area contributed by atoms with Crippen LogP contribution in [0.1, 0.15) is 56.6 Å². The number of nitrogens with zero attached hydrogens (tertiary/aromatic N) is 8. The van der Waals surface area contributed by atoms with Crippen LogP contribution in [0.2, 0.25) is 5.02 Å². The lowest BCUT2D eigenvalue weighted by Crippen LogP contribution is -2.69. The van der Waals surface area contributed by atoms with Crippen molar-refractivity contribution in [1.29, 1.82) is 0 Å². The summed E-state index contributed by atoms with van der Waals surface area (Å²) in [7, 11) is 3.55. The summed E-state index contributed by atoms with van der Waals surface area (Å²) in [6.45, 7) is 3.69. The topological polar surface area (TPSA) is 155 Å².